The first-order valence-electron chi connectivity index (χ1n) is 6.10. The van der Waals surface area contributed by atoms with E-state index in [-0.39, 0.29) is 12.0 Å². The van der Waals surface area contributed by atoms with Crippen LogP contribution in [0, 0.1) is 12.8 Å². The van der Waals surface area contributed by atoms with Gasteiger partial charge >= 0.3 is 5.69 Å². The van der Waals surface area contributed by atoms with Crippen LogP contribution in [-0.2, 0) is 0 Å². The van der Waals surface area contributed by atoms with Gasteiger partial charge in [0.1, 0.15) is 6.17 Å². The Kier molecular flexibility index (Phi) is 3.91. The molecule has 0 spiro atoms. The molecule has 1 aromatic heterocycles. The minimum absolute atomic E-state index is 0.0991. The Labute approximate surface area is 112 Å². The molecule has 2 N–H and O–H groups in total. The van der Waals surface area contributed by atoms with Crippen molar-refractivity contribution in [2.24, 2.45) is 11.0 Å². The van der Waals surface area contributed by atoms with Gasteiger partial charge < -0.3 is 5.11 Å². The van der Waals surface area contributed by atoms with Crippen LogP contribution in [0.5, 0.6) is 0 Å². The van der Waals surface area contributed by atoms with Crippen molar-refractivity contribution >= 4 is 0 Å². The average molecular weight is 283 g/mol. The van der Waals surface area contributed by atoms with Gasteiger partial charge in [0.05, 0.1) is 6.04 Å². The Bertz CT molecular complexity index is 663. The third-order valence-corrected chi connectivity index (χ3v) is 3.67. The van der Waals surface area contributed by atoms with E-state index < -0.39 is 42.0 Å². The summed E-state index contributed by atoms with van der Waals surface area (Å²) in [5.41, 5.74) is 7.50. The molecular formula is C11H14FN5O3. The Morgan fingerprint density at radius 3 is 2.95 bits per heavy atom. The van der Waals surface area contributed by atoms with E-state index in [1.807, 2.05) is 0 Å². The molecule has 1 aliphatic rings. The second kappa shape index (κ2) is 5.48. The van der Waals surface area contributed by atoms with Crippen LogP contribution >= 0.6 is 0 Å². The first-order valence-corrected chi connectivity index (χ1v) is 6.10. The van der Waals surface area contributed by atoms with Gasteiger partial charge in [-0.3, -0.25) is 14.3 Å². The normalized spacial score (nSPS) is 29.1. The maximum atomic E-state index is 14.3. The molecule has 4 atom stereocenters. The van der Waals surface area contributed by atoms with E-state index in [9.17, 15) is 19.1 Å². The van der Waals surface area contributed by atoms with Crippen molar-refractivity contribution in [1.29, 1.82) is 0 Å². The lowest BCUT2D eigenvalue weighted by Crippen LogP contribution is -2.36. The van der Waals surface area contributed by atoms with Gasteiger partial charge in [-0.25, -0.2) is 9.18 Å². The number of aromatic nitrogens is 2. The van der Waals surface area contributed by atoms with Crippen LogP contribution in [0.15, 0.2) is 20.9 Å². The van der Waals surface area contributed by atoms with Crippen molar-refractivity contribution in [2.45, 2.75) is 31.6 Å². The minimum Gasteiger partial charge on any atom is -0.396 e. The molecule has 2 rings (SSSR count). The molecule has 4 unspecified atom stereocenters. The lowest BCUT2D eigenvalue weighted by atomic mass is 10.0. The summed E-state index contributed by atoms with van der Waals surface area (Å²) in [7, 11) is 0. The van der Waals surface area contributed by atoms with Gasteiger partial charge in [-0.2, -0.15) is 0 Å². The predicted molar refractivity (Wildman–Crippen MR) is 68.1 cm³/mol. The van der Waals surface area contributed by atoms with Gasteiger partial charge in [0.2, 0.25) is 0 Å². The number of H-pyrrole nitrogens is 1. The van der Waals surface area contributed by atoms with Gasteiger partial charge in [-0.05, 0) is 18.9 Å². The third-order valence-electron chi connectivity index (χ3n) is 3.67. The molecule has 0 bridgehead atoms. The number of halogens is 1. The van der Waals surface area contributed by atoms with Crippen LogP contribution in [0.3, 0.4) is 0 Å². The highest BCUT2D eigenvalue weighted by Crippen LogP contribution is 2.38. The molecule has 9 heteroatoms. The summed E-state index contributed by atoms with van der Waals surface area (Å²) >= 11 is 0. The van der Waals surface area contributed by atoms with Crippen LogP contribution in [0.4, 0.5) is 4.39 Å². The summed E-state index contributed by atoms with van der Waals surface area (Å²) in [6, 6.07) is -1.59. The fourth-order valence-corrected chi connectivity index (χ4v) is 2.57. The number of aliphatic hydroxyl groups is 1. The van der Waals surface area contributed by atoms with Crippen LogP contribution in [0.2, 0.25) is 0 Å². The quantitative estimate of drug-likeness (QED) is 0.474. The molecule has 1 aliphatic carbocycles. The lowest BCUT2D eigenvalue weighted by molar-refractivity contribution is 0.133. The maximum Gasteiger partial charge on any atom is 0.328 e. The van der Waals surface area contributed by atoms with Crippen LogP contribution < -0.4 is 11.2 Å². The van der Waals surface area contributed by atoms with E-state index in [1.54, 1.807) is 0 Å². The Balaban J connectivity index is 2.44. The Hall–Kier alpha value is -2.12. The van der Waals surface area contributed by atoms with Gasteiger partial charge in [0, 0.05) is 35.2 Å². The topological polar surface area (TPSA) is 124 Å². The van der Waals surface area contributed by atoms with Crippen molar-refractivity contribution in [1.82, 2.24) is 9.55 Å². The van der Waals surface area contributed by atoms with Crippen LogP contribution in [0.25, 0.3) is 10.4 Å². The van der Waals surface area contributed by atoms with E-state index in [2.05, 4.69) is 15.0 Å². The molecular weight excluding hydrogens is 269 g/mol. The molecule has 1 saturated carbocycles. The number of azide groups is 1. The lowest BCUT2D eigenvalue weighted by Gasteiger charge is -2.18. The number of aryl methyl sites for hydroxylation is 1. The fourth-order valence-electron chi connectivity index (χ4n) is 2.57. The minimum atomic E-state index is -1.53. The van der Waals surface area contributed by atoms with Crippen molar-refractivity contribution in [3.05, 3.63) is 43.0 Å². The first kappa shape index (κ1) is 14.3. The highest BCUT2D eigenvalue weighted by atomic mass is 19.1. The standard InChI is InChI=1S/C11H14FN5O3/c1-5-3-17(11(20)14-10(5)19)8-2-7(15-16-13)6(4-18)9(8)12/h3,6-9,18H,2,4H2,1H3,(H,14,19,20). The maximum absolute atomic E-state index is 14.3. The monoisotopic (exact) mass is 283 g/mol. The predicted octanol–water partition coefficient (Wildman–Crippen LogP) is 0.415. The second-order valence-corrected chi connectivity index (χ2v) is 4.84. The molecule has 8 nitrogen and oxygen atoms in total. The molecule has 20 heavy (non-hydrogen) atoms. The van der Waals surface area contributed by atoms with Crippen molar-refractivity contribution < 1.29 is 9.50 Å². The summed E-state index contributed by atoms with van der Waals surface area (Å²) in [5, 5.41) is 12.7. The number of aliphatic hydroxyl groups excluding tert-OH is 1. The summed E-state index contributed by atoms with van der Waals surface area (Å²) in [6.07, 6.45) is -0.147. The van der Waals surface area contributed by atoms with Crippen LogP contribution in [0.1, 0.15) is 18.0 Å². The summed E-state index contributed by atoms with van der Waals surface area (Å²) in [6.45, 7) is 1.03. The summed E-state index contributed by atoms with van der Waals surface area (Å²) in [5.74, 6) is -0.852. The smallest absolute Gasteiger partial charge is 0.328 e. The zero-order chi connectivity index (χ0) is 14.9. The molecule has 0 aromatic carbocycles. The van der Waals surface area contributed by atoms with Gasteiger partial charge in [0.25, 0.3) is 5.56 Å². The van der Waals surface area contributed by atoms with Gasteiger partial charge in [0.15, 0.2) is 0 Å². The van der Waals surface area contributed by atoms with Crippen molar-refractivity contribution in [3.63, 3.8) is 0 Å². The highest BCUT2D eigenvalue weighted by Gasteiger charge is 2.44. The highest BCUT2D eigenvalue weighted by molar-refractivity contribution is 5.06. The Morgan fingerprint density at radius 1 is 1.65 bits per heavy atom. The molecule has 1 aromatic rings. The van der Waals surface area contributed by atoms with Crippen molar-refractivity contribution in [3.8, 4) is 0 Å². The number of rotatable bonds is 3. The largest absolute Gasteiger partial charge is 0.396 e. The van der Waals surface area contributed by atoms with Gasteiger partial charge in [-0.1, -0.05) is 5.11 Å². The number of aromatic amines is 1. The molecule has 1 heterocycles. The number of hydrogen-bond donors (Lipinski definition) is 2. The van der Waals surface area contributed by atoms with E-state index in [1.165, 1.54) is 13.1 Å². The van der Waals surface area contributed by atoms with Gasteiger partial charge in [-0.15, -0.1) is 0 Å². The average Bonchev–Trinajstić information content (AvgIpc) is 2.71. The van der Waals surface area contributed by atoms with Crippen LogP contribution in [-0.4, -0.2) is 33.5 Å². The molecule has 108 valence electrons. The zero-order valence-corrected chi connectivity index (χ0v) is 10.7. The second-order valence-electron chi connectivity index (χ2n) is 4.84. The number of nitrogens with zero attached hydrogens (tertiary/aromatic N) is 4. The third kappa shape index (κ3) is 2.33. The van der Waals surface area contributed by atoms with E-state index in [0.717, 1.165) is 4.57 Å². The molecule has 0 amide bonds. The first-order chi connectivity index (χ1) is 9.49. The summed E-state index contributed by atoms with van der Waals surface area (Å²) < 4.78 is 15.4. The fraction of sp³-hybridized carbons (Fsp3) is 0.636. The van der Waals surface area contributed by atoms with E-state index in [0.29, 0.717) is 0 Å². The van der Waals surface area contributed by atoms with E-state index >= 15 is 0 Å². The molecule has 1 fully saturated rings. The number of nitrogens with one attached hydrogen (secondary N) is 1. The zero-order valence-electron chi connectivity index (χ0n) is 10.7. The number of hydrogen-bond acceptors (Lipinski definition) is 4. The Morgan fingerprint density at radius 2 is 2.35 bits per heavy atom. The number of alkyl halides is 1. The SMILES string of the molecule is Cc1cn(C2CC(N=[N+]=[N-])C(CO)C2F)c(=O)[nH]c1=O. The molecule has 0 aliphatic heterocycles. The summed E-state index contributed by atoms with van der Waals surface area (Å²) in [4.78, 5) is 27.8. The van der Waals surface area contributed by atoms with Crippen molar-refractivity contribution in [2.75, 3.05) is 6.61 Å². The molecule has 0 saturated heterocycles. The molecule has 0 radical (unpaired) electrons. The van der Waals surface area contributed by atoms with E-state index in [4.69, 9.17) is 5.53 Å².